The Hall–Kier alpha value is -2.50. The number of rotatable bonds is 13. The van der Waals surface area contributed by atoms with E-state index in [1.54, 1.807) is 12.0 Å². The van der Waals surface area contributed by atoms with Gasteiger partial charge in [-0.1, -0.05) is 70.7 Å². The largest absolute Gasteiger partial charge is 0.492 e. The van der Waals surface area contributed by atoms with Crippen molar-refractivity contribution in [1.29, 1.82) is 0 Å². The smallest absolute Gasteiger partial charge is 0.142 e. The van der Waals surface area contributed by atoms with Crippen LogP contribution >= 0.6 is 23.2 Å². The van der Waals surface area contributed by atoms with Gasteiger partial charge in [0.15, 0.2) is 0 Å². The summed E-state index contributed by atoms with van der Waals surface area (Å²) in [4.78, 5) is 18.2. The van der Waals surface area contributed by atoms with Gasteiger partial charge in [-0.05, 0) is 48.9 Å². The molecule has 0 saturated heterocycles. The zero-order valence-corrected chi connectivity index (χ0v) is 23.1. The lowest BCUT2D eigenvalue weighted by molar-refractivity contribution is -0.0980. The van der Waals surface area contributed by atoms with Gasteiger partial charge in [0.05, 0.1) is 16.2 Å². The van der Waals surface area contributed by atoms with E-state index in [0.29, 0.717) is 22.7 Å². The number of nitrogens with one attached hydrogen (secondary N) is 3. The maximum Gasteiger partial charge on any atom is 0.142 e. The maximum atomic E-state index is 10.2. The first-order valence-corrected chi connectivity index (χ1v) is 12.8. The second-order valence-corrected chi connectivity index (χ2v) is 7.40. The Morgan fingerprint density at radius 2 is 1.63 bits per heavy atom. The molecule has 0 amide bonds. The minimum Gasteiger partial charge on any atom is -0.492 e. The van der Waals surface area contributed by atoms with E-state index in [1.807, 2.05) is 70.9 Å². The van der Waals surface area contributed by atoms with Crippen molar-refractivity contribution in [2.45, 2.75) is 59.9 Å². The van der Waals surface area contributed by atoms with Gasteiger partial charge in [-0.3, -0.25) is 0 Å². The van der Waals surface area contributed by atoms with Crippen LogP contribution in [0.5, 0.6) is 5.75 Å². The average Bonchev–Trinajstić information content (AvgIpc) is 2.92. The van der Waals surface area contributed by atoms with E-state index >= 15 is 0 Å². The third-order valence-electron chi connectivity index (χ3n) is 4.33. The molecule has 0 saturated carbocycles. The van der Waals surface area contributed by atoms with Crippen LogP contribution in [0.2, 0.25) is 10.0 Å². The Balaban J connectivity index is 0. The highest BCUT2D eigenvalue weighted by atomic mass is 35.5. The van der Waals surface area contributed by atoms with Crippen LogP contribution in [0.25, 0.3) is 0 Å². The van der Waals surface area contributed by atoms with Crippen molar-refractivity contribution < 1.29 is 14.3 Å². The third-order valence-corrected chi connectivity index (χ3v) is 5.07. The molecule has 0 aromatic heterocycles. The van der Waals surface area contributed by atoms with Crippen LogP contribution in [-0.4, -0.2) is 38.5 Å². The molecule has 0 aliphatic carbocycles. The zero-order valence-electron chi connectivity index (χ0n) is 21.6. The Kier molecular flexibility index (Phi) is 24.4. The van der Waals surface area contributed by atoms with Gasteiger partial charge in [-0.25, -0.2) is 4.79 Å². The SMILES string of the molecule is C=O.CC.CC.CCCC[C@@H](CNc1ccc(Cl)c(Cl)c1)NCCOc1ccc(NC=C=O)cc1. The molecule has 2 rings (SSSR count). The molecule has 35 heavy (non-hydrogen) atoms. The molecular formula is C27H41Cl2N3O3. The standard InChI is InChI=1S/C22H27Cl2N3O2.2C2H6.CH2O/c1-2-3-4-19(16-27-18-7-10-21(23)22(24)15-18)26-12-14-29-20-8-5-17(6-9-20)25-11-13-28;3*1-2/h5-11,15,19,25-27H,2-4,12,14,16H2,1H3;2*1-2H3;1H2/t19-;;;/m0.../s1. The van der Waals surface area contributed by atoms with Gasteiger partial charge in [0.2, 0.25) is 0 Å². The number of halogens is 2. The Labute approximate surface area is 221 Å². The fraction of sp³-hybridized carbons (Fsp3) is 0.444. The average molecular weight is 527 g/mol. The van der Waals surface area contributed by atoms with Crippen molar-refractivity contribution >= 4 is 47.3 Å². The molecule has 2 aromatic carbocycles. The zero-order chi connectivity index (χ0) is 26.9. The van der Waals surface area contributed by atoms with Crippen LogP contribution in [0.3, 0.4) is 0 Å². The second kappa shape index (κ2) is 24.6. The quantitative estimate of drug-likeness (QED) is 0.188. The summed E-state index contributed by atoms with van der Waals surface area (Å²) >= 11 is 12.1. The highest BCUT2D eigenvalue weighted by Gasteiger charge is 2.08. The molecule has 0 unspecified atom stereocenters. The summed E-state index contributed by atoms with van der Waals surface area (Å²) in [6.45, 7) is 14.3. The Morgan fingerprint density at radius 1 is 1.00 bits per heavy atom. The second-order valence-electron chi connectivity index (χ2n) is 6.58. The first kappa shape index (κ1) is 34.7. The molecule has 3 N–H and O–H groups in total. The van der Waals surface area contributed by atoms with E-state index in [4.69, 9.17) is 32.7 Å². The number of benzene rings is 2. The highest BCUT2D eigenvalue weighted by Crippen LogP contribution is 2.25. The number of hydrogen-bond acceptors (Lipinski definition) is 6. The van der Waals surface area contributed by atoms with E-state index in [2.05, 4.69) is 22.9 Å². The summed E-state index contributed by atoms with van der Waals surface area (Å²) in [5.41, 5.74) is 1.77. The van der Waals surface area contributed by atoms with Crippen LogP contribution in [-0.2, 0) is 9.59 Å². The third kappa shape index (κ3) is 16.7. The first-order valence-electron chi connectivity index (χ1n) is 12.0. The topological polar surface area (TPSA) is 79.5 Å². The fourth-order valence-corrected chi connectivity index (χ4v) is 3.06. The summed E-state index contributed by atoms with van der Waals surface area (Å²) < 4.78 is 5.78. The molecule has 8 heteroatoms. The summed E-state index contributed by atoms with van der Waals surface area (Å²) in [6, 6.07) is 13.3. The molecular weight excluding hydrogens is 485 g/mol. The monoisotopic (exact) mass is 525 g/mol. The summed E-state index contributed by atoms with van der Waals surface area (Å²) in [5, 5.41) is 10.9. The van der Waals surface area contributed by atoms with E-state index in [9.17, 15) is 4.79 Å². The van der Waals surface area contributed by atoms with Crippen LogP contribution < -0.4 is 20.7 Å². The minimum absolute atomic E-state index is 0.328. The molecule has 1 atom stereocenters. The molecule has 0 fully saturated rings. The molecule has 0 aliphatic heterocycles. The van der Waals surface area contributed by atoms with Crippen molar-refractivity contribution in [3.05, 3.63) is 58.7 Å². The van der Waals surface area contributed by atoms with Gasteiger partial charge in [-0.15, -0.1) is 0 Å². The van der Waals surface area contributed by atoms with Crippen molar-refractivity contribution in [1.82, 2.24) is 5.32 Å². The van der Waals surface area contributed by atoms with E-state index < -0.39 is 0 Å². The van der Waals surface area contributed by atoms with Crippen molar-refractivity contribution in [2.24, 2.45) is 0 Å². The number of hydrogen-bond donors (Lipinski definition) is 3. The van der Waals surface area contributed by atoms with Crippen LogP contribution in [0.1, 0.15) is 53.9 Å². The molecule has 6 nitrogen and oxygen atoms in total. The lowest BCUT2D eigenvalue weighted by Crippen LogP contribution is -2.37. The highest BCUT2D eigenvalue weighted by molar-refractivity contribution is 6.42. The molecule has 0 heterocycles. The number of carbonyl (C=O) groups is 1. The van der Waals surface area contributed by atoms with Crippen molar-refractivity contribution in [3.8, 4) is 5.75 Å². The minimum atomic E-state index is 0.328. The number of carbonyl (C=O) groups excluding carboxylic acids is 2. The van der Waals surface area contributed by atoms with Gasteiger partial charge in [0.1, 0.15) is 25.1 Å². The van der Waals surface area contributed by atoms with Gasteiger partial charge < -0.3 is 25.5 Å². The molecule has 2 aromatic rings. The van der Waals surface area contributed by atoms with Gasteiger partial charge >= 0.3 is 0 Å². The maximum absolute atomic E-state index is 10.2. The Morgan fingerprint density at radius 3 is 2.20 bits per heavy atom. The van der Waals surface area contributed by atoms with Crippen molar-refractivity contribution in [3.63, 3.8) is 0 Å². The van der Waals surface area contributed by atoms with Gasteiger partial charge in [0.25, 0.3) is 0 Å². The summed E-state index contributed by atoms with van der Waals surface area (Å²) in [6.07, 6.45) is 4.62. The van der Waals surface area contributed by atoms with Crippen molar-refractivity contribution in [2.75, 3.05) is 30.3 Å². The normalized spacial score (nSPS) is 9.91. The molecule has 0 bridgehead atoms. The summed E-state index contributed by atoms with van der Waals surface area (Å²) in [7, 11) is 0. The predicted octanol–water partition coefficient (Wildman–Crippen LogP) is 7.26. The van der Waals surface area contributed by atoms with Crippen LogP contribution in [0.15, 0.2) is 48.7 Å². The van der Waals surface area contributed by atoms with Crippen LogP contribution in [0.4, 0.5) is 11.4 Å². The van der Waals surface area contributed by atoms with Gasteiger partial charge in [0, 0.05) is 30.5 Å². The lowest BCUT2D eigenvalue weighted by Gasteiger charge is -2.20. The van der Waals surface area contributed by atoms with Crippen LogP contribution in [0, 0.1) is 0 Å². The van der Waals surface area contributed by atoms with E-state index in [1.165, 1.54) is 6.20 Å². The number of unbranched alkanes of at least 4 members (excludes halogenated alkanes) is 1. The number of anilines is 2. The van der Waals surface area contributed by atoms with E-state index in [-0.39, 0.29) is 0 Å². The molecule has 0 aliphatic rings. The molecule has 196 valence electrons. The lowest BCUT2D eigenvalue weighted by atomic mass is 10.1. The fourth-order valence-electron chi connectivity index (χ4n) is 2.77. The molecule has 0 radical (unpaired) electrons. The summed E-state index contributed by atoms with van der Waals surface area (Å²) in [5.74, 6) is 2.46. The number of ether oxygens (including phenoxy) is 1. The van der Waals surface area contributed by atoms with E-state index in [0.717, 1.165) is 49.5 Å². The predicted molar refractivity (Wildman–Crippen MR) is 152 cm³/mol. The first-order chi connectivity index (χ1) is 17.1. The molecule has 0 spiro atoms. The van der Waals surface area contributed by atoms with Gasteiger partial charge in [-0.2, -0.15) is 0 Å². The Bertz CT molecular complexity index is 814.